The number of hydrogen-bond acceptors (Lipinski definition) is 3. The maximum Gasteiger partial charge on any atom is 0.425 e. The summed E-state index contributed by atoms with van der Waals surface area (Å²) < 4.78 is 40.6. The summed E-state index contributed by atoms with van der Waals surface area (Å²) in [6, 6.07) is 0. The van der Waals surface area contributed by atoms with Crippen LogP contribution in [-0.2, 0) is 17.4 Å². The van der Waals surface area contributed by atoms with Crippen LogP contribution in [0, 0.1) is 0 Å². The molecule has 1 heterocycles. The molecule has 8 heteroatoms. The van der Waals surface area contributed by atoms with Gasteiger partial charge in [0.15, 0.2) is 5.82 Å². The molecule has 1 atom stereocenters. The molecule has 1 aromatic rings. The van der Waals surface area contributed by atoms with Crippen molar-refractivity contribution in [3.63, 3.8) is 0 Å². The molecule has 0 spiro atoms. The maximum absolute atomic E-state index is 13.2. The van der Waals surface area contributed by atoms with Crippen LogP contribution in [0.15, 0.2) is 12.4 Å². The molecule has 1 rings (SSSR count). The largest absolute Gasteiger partial charge is 0.425 e. The van der Waals surface area contributed by atoms with Crippen LogP contribution in [0.5, 0.6) is 0 Å². The number of aryl methyl sites for hydroxylation is 1. The first-order valence-electron chi connectivity index (χ1n) is 6.76. The summed E-state index contributed by atoms with van der Waals surface area (Å²) in [7, 11) is 1.33. The Bertz CT molecular complexity index is 473. The van der Waals surface area contributed by atoms with Gasteiger partial charge in [-0.1, -0.05) is 19.8 Å². The topological polar surface area (TPSA) is 67.2 Å². The number of aliphatic hydroxyl groups is 1. The number of imidazole rings is 1. The van der Waals surface area contributed by atoms with Gasteiger partial charge in [0.2, 0.25) is 11.5 Å². The SMILES string of the molecule is CCCCCNC(=O)CC(O)(c1nccn1C)C(F)(F)F. The van der Waals surface area contributed by atoms with Gasteiger partial charge in [0.1, 0.15) is 0 Å². The highest BCUT2D eigenvalue weighted by Gasteiger charge is 2.58. The van der Waals surface area contributed by atoms with Crippen molar-refractivity contribution in [1.82, 2.24) is 14.9 Å². The van der Waals surface area contributed by atoms with Gasteiger partial charge in [-0.05, 0) is 6.42 Å². The van der Waals surface area contributed by atoms with Crippen molar-refractivity contribution in [2.45, 2.75) is 44.4 Å². The minimum atomic E-state index is -4.99. The zero-order valence-electron chi connectivity index (χ0n) is 12.1. The average molecular weight is 307 g/mol. The molecule has 1 aromatic heterocycles. The zero-order valence-corrected chi connectivity index (χ0v) is 12.1. The molecule has 0 fully saturated rings. The number of alkyl halides is 3. The Balaban J connectivity index is 2.81. The van der Waals surface area contributed by atoms with Crippen molar-refractivity contribution in [1.29, 1.82) is 0 Å². The third-order valence-electron chi connectivity index (χ3n) is 3.18. The summed E-state index contributed by atoms with van der Waals surface area (Å²) in [4.78, 5) is 15.2. The molecule has 2 N–H and O–H groups in total. The van der Waals surface area contributed by atoms with Crippen molar-refractivity contribution in [3.8, 4) is 0 Å². The molecule has 5 nitrogen and oxygen atoms in total. The second-order valence-corrected chi connectivity index (χ2v) is 4.95. The van der Waals surface area contributed by atoms with E-state index in [9.17, 15) is 23.1 Å². The van der Waals surface area contributed by atoms with Gasteiger partial charge in [-0.3, -0.25) is 4.79 Å². The van der Waals surface area contributed by atoms with Gasteiger partial charge in [-0.15, -0.1) is 0 Å². The molecule has 1 amide bonds. The van der Waals surface area contributed by atoms with E-state index in [2.05, 4.69) is 10.3 Å². The quantitative estimate of drug-likeness (QED) is 0.756. The predicted octanol–water partition coefficient (Wildman–Crippen LogP) is 1.87. The van der Waals surface area contributed by atoms with Crippen molar-refractivity contribution < 1.29 is 23.1 Å². The fraction of sp³-hybridized carbons (Fsp3) is 0.692. The summed E-state index contributed by atoms with van der Waals surface area (Å²) >= 11 is 0. The van der Waals surface area contributed by atoms with Crippen molar-refractivity contribution >= 4 is 5.91 Å². The van der Waals surface area contributed by atoms with Crippen LogP contribution in [0.1, 0.15) is 38.4 Å². The van der Waals surface area contributed by atoms with Crippen molar-refractivity contribution in [3.05, 3.63) is 18.2 Å². The molecule has 21 heavy (non-hydrogen) atoms. The lowest BCUT2D eigenvalue weighted by molar-refractivity contribution is -0.271. The molecule has 1 unspecified atom stereocenters. The first kappa shape index (κ1) is 17.5. The fourth-order valence-corrected chi connectivity index (χ4v) is 1.97. The summed E-state index contributed by atoms with van der Waals surface area (Å²) in [6.45, 7) is 2.27. The van der Waals surface area contributed by atoms with E-state index in [1.54, 1.807) is 0 Å². The van der Waals surface area contributed by atoms with E-state index >= 15 is 0 Å². The first-order valence-corrected chi connectivity index (χ1v) is 6.76. The number of nitrogens with zero attached hydrogens (tertiary/aromatic N) is 2. The number of rotatable bonds is 7. The second-order valence-electron chi connectivity index (χ2n) is 4.95. The summed E-state index contributed by atoms with van der Waals surface area (Å²) in [6.07, 6.45) is -1.16. The highest BCUT2D eigenvalue weighted by Crippen LogP contribution is 2.40. The van der Waals surface area contributed by atoms with E-state index in [0.29, 0.717) is 13.0 Å². The van der Waals surface area contributed by atoms with Crippen LogP contribution in [0.4, 0.5) is 13.2 Å². The smallest absolute Gasteiger partial charge is 0.374 e. The standard InChI is InChI=1S/C13H20F3N3O2/c1-3-4-5-6-17-10(20)9-12(21,13(14,15)16)11-18-7-8-19(11)2/h7-8,21H,3-6,9H2,1-2H3,(H,17,20). The molecule has 0 saturated carbocycles. The Hall–Kier alpha value is -1.57. The molecule has 0 radical (unpaired) electrons. The number of carbonyl (C=O) groups is 1. The zero-order chi connectivity index (χ0) is 16.1. The van der Waals surface area contributed by atoms with Crippen LogP contribution >= 0.6 is 0 Å². The number of carbonyl (C=O) groups excluding carboxylic acids is 1. The molecule has 0 bridgehead atoms. The maximum atomic E-state index is 13.2. The van der Waals surface area contributed by atoms with Crippen LogP contribution < -0.4 is 5.32 Å². The Morgan fingerprint density at radius 2 is 2.10 bits per heavy atom. The van der Waals surface area contributed by atoms with E-state index in [1.807, 2.05) is 6.92 Å². The number of nitrogens with one attached hydrogen (secondary N) is 1. The molecule has 0 saturated heterocycles. The molecular weight excluding hydrogens is 287 g/mol. The van der Waals surface area contributed by atoms with Gasteiger partial charge in [-0.2, -0.15) is 13.2 Å². The number of aromatic nitrogens is 2. The lowest BCUT2D eigenvalue weighted by Crippen LogP contribution is -2.48. The minimum absolute atomic E-state index is 0.293. The van der Waals surface area contributed by atoms with Gasteiger partial charge in [-0.25, -0.2) is 4.98 Å². The lowest BCUT2D eigenvalue weighted by atomic mass is 9.97. The van der Waals surface area contributed by atoms with E-state index in [1.165, 1.54) is 13.2 Å². The lowest BCUT2D eigenvalue weighted by Gasteiger charge is -2.29. The van der Waals surface area contributed by atoms with Gasteiger partial charge in [0, 0.05) is 26.0 Å². The molecule has 0 aliphatic heterocycles. The molecular formula is C13H20F3N3O2. The number of unbranched alkanes of at least 4 members (excludes halogenated alkanes) is 2. The van der Waals surface area contributed by atoms with Crippen LogP contribution in [0.2, 0.25) is 0 Å². The highest BCUT2D eigenvalue weighted by atomic mass is 19.4. The number of amides is 1. The van der Waals surface area contributed by atoms with Gasteiger partial charge >= 0.3 is 6.18 Å². The van der Waals surface area contributed by atoms with Crippen LogP contribution in [0.25, 0.3) is 0 Å². The fourth-order valence-electron chi connectivity index (χ4n) is 1.97. The highest BCUT2D eigenvalue weighted by molar-refractivity contribution is 5.77. The average Bonchev–Trinajstić information content (AvgIpc) is 2.80. The van der Waals surface area contributed by atoms with Crippen molar-refractivity contribution in [2.24, 2.45) is 7.05 Å². The van der Waals surface area contributed by atoms with Crippen LogP contribution in [-0.4, -0.2) is 33.3 Å². The van der Waals surface area contributed by atoms with E-state index in [-0.39, 0.29) is 0 Å². The van der Waals surface area contributed by atoms with Crippen molar-refractivity contribution in [2.75, 3.05) is 6.54 Å². The summed E-state index contributed by atoms with van der Waals surface area (Å²) in [5, 5.41) is 12.4. The van der Waals surface area contributed by atoms with Gasteiger partial charge in [0.05, 0.1) is 6.42 Å². The molecule has 0 aromatic carbocycles. The molecule has 0 aliphatic rings. The normalized spacial score (nSPS) is 14.8. The Morgan fingerprint density at radius 1 is 1.43 bits per heavy atom. The Labute approximate surface area is 121 Å². The molecule has 120 valence electrons. The monoisotopic (exact) mass is 307 g/mol. The Morgan fingerprint density at radius 3 is 2.57 bits per heavy atom. The first-order chi connectivity index (χ1) is 9.72. The van der Waals surface area contributed by atoms with E-state index in [0.717, 1.165) is 23.6 Å². The van der Waals surface area contributed by atoms with Gasteiger partial charge < -0.3 is 15.0 Å². The minimum Gasteiger partial charge on any atom is -0.374 e. The number of hydrogen-bond donors (Lipinski definition) is 2. The van der Waals surface area contributed by atoms with E-state index in [4.69, 9.17) is 0 Å². The summed E-state index contributed by atoms with van der Waals surface area (Å²) in [5.74, 6) is -1.45. The van der Waals surface area contributed by atoms with Crippen LogP contribution in [0.3, 0.4) is 0 Å². The summed E-state index contributed by atoms with van der Waals surface area (Å²) in [5.41, 5.74) is -3.29. The second kappa shape index (κ2) is 6.93. The van der Waals surface area contributed by atoms with E-state index < -0.39 is 29.9 Å². The third-order valence-corrected chi connectivity index (χ3v) is 3.18. The molecule has 0 aliphatic carbocycles. The Kier molecular flexibility index (Phi) is 5.77. The predicted molar refractivity (Wildman–Crippen MR) is 70.3 cm³/mol. The third kappa shape index (κ3) is 4.20. The number of halogens is 3. The van der Waals surface area contributed by atoms with Gasteiger partial charge in [0.25, 0.3) is 0 Å².